The van der Waals surface area contributed by atoms with E-state index < -0.39 is 46.0 Å². The van der Waals surface area contributed by atoms with Gasteiger partial charge < -0.3 is 14.6 Å². The number of fused-ring (bicyclic) bond motifs is 1. The lowest BCUT2D eigenvalue weighted by Gasteiger charge is -2.35. The van der Waals surface area contributed by atoms with Crippen LogP contribution in [-0.2, 0) is 19.6 Å². The third-order valence-electron chi connectivity index (χ3n) is 4.42. The molecular weight excluding hydrogens is 479 g/mol. The van der Waals surface area contributed by atoms with E-state index in [-0.39, 0.29) is 33.6 Å². The Morgan fingerprint density at radius 2 is 1.97 bits per heavy atom. The third kappa shape index (κ3) is 5.85. The minimum atomic E-state index is -4.29. The molecule has 1 amide bonds. The number of halogens is 2. The van der Waals surface area contributed by atoms with E-state index in [0.717, 1.165) is 22.5 Å². The average molecular weight is 501 g/mol. The molecule has 0 bridgehead atoms. The quantitative estimate of drug-likeness (QED) is 0.629. The Balaban J connectivity index is 2.02. The Hall–Kier alpha value is -3.05. The molecule has 178 valence electrons. The number of amides is 1. The number of rotatable bonds is 5. The van der Waals surface area contributed by atoms with E-state index in [1.165, 1.54) is 18.2 Å². The number of hydrogen-bond acceptors (Lipinski definition) is 6. The maximum atomic E-state index is 13.6. The molecule has 12 heteroatoms. The zero-order valence-electron chi connectivity index (χ0n) is 18.0. The van der Waals surface area contributed by atoms with Gasteiger partial charge in [-0.2, -0.15) is 0 Å². The van der Waals surface area contributed by atoms with Crippen LogP contribution >= 0.6 is 11.6 Å². The molecular formula is C21H22ClFN2O7S. The van der Waals surface area contributed by atoms with Gasteiger partial charge in [0.15, 0.2) is 0 Å². The van der Waals surface area contributed by atoms with Gasteiger partial charge in [-0.15, -0.1) is 0 Å². The number of nitrogens with zero attached hydrogens (tertiary/aromatic N) is 1. The van der Waals surface area contributed by atoms with Crippen molar-refractivity contribution in [3.05, 3.63) is 47.2 Å². The summed E-state index contributed by atoms with van der Waals surface area (Å²) in [6.45, 7) is 4.75. The highest BCUT2D eigenvalue weighted by molar-refractivity contribution is 7.92. The highest BCUT2D eigenvalue weighted by Gasteiger charge is 2.36. The SMILES string of the molecule is CC(C)(C)OC(=O)Nc1ccc2c(c1)N(S(=O)(=O)c1ccc(F)c(Cl)c1)C[C@H](CC(=O)O)O2. The van der Waals surface area contributed by atoms with Crippen molar-refractivity contribution in [2.75, 3.05) is 16.2 Å². The second-order valence-corrected chi connectivity index (χ2v) is 10.5. The number of carboxylic acid groups (broad SMARTS) is 1. The number of hydrogen-bond donors (Lipinski definition) is 2. The van der Waals surface area contributed by atoms with Gasteiger partial charge in [0, 0.05) is 5.69 Å². The van der Waals surface area contributed by atoms with Crippen LogP contribution in [0, 0.1) is 5.82 Å². The Morgan fingerprint density at radius 1 is 1.27 bits per heavy atom. The van der Waals surface area contributed by atoms with Crippen LogP contribution in [0.4, 0.5) is 20.6 Å². The molecule has 0 saturated carbocycles. The van der Waals surface area contributed by atoms with Crippen LogP contribution in [0.25, 0.3) is 0 Å². The minimum Gasteiger partial charge on any atom is -0.486 e. The van der Waals surface area contributed by atoms with Crippen molar-refractivity contribution in [2.45, 2.75) is 43.8 Å². The summed E-state index contributed by atoms with van der Waals surface area (Å²) in [4.78, 5) is 23.0. The Kier molecular flexibility index (Phi) is 6.75. The fraction of sp³-hybridized carbons (Fsp3) is 0.333. The van der Waals surface area contributed by atoms with Gasteiger partial charge in [0.05, 0.1) is 28.6 Å². The summed E-state index contributed by atoms with van der Waals surface area (Å²) in [5, 5.41) is 11.3. The van der Waals surface area contributed by atoms with Crippen LogP contribution in [0.3, 0.4) is 0 Å². The molecule has 0 saturated heterocycles. The monoisotopic (exact) mass is 500 g/mol. The van der Waals surface area contributed by atoms with Gasteiger partial charge in [-0.1, -0.05) is 11.6 Å². The van der Waals surface area contributed by atoms with Gasteiger partial charge in [-0.05, 0) is 57.2 Å². The van der Waals surface area contributed by atoms with Crippen LogP contribution in [0.5, 0.6) is 5.75 Å². The molecule has 0 aliphatic carbocycles. The van der Waals surface area contributed by atoms with E-state index in [2.05, 4.69) is 5.32 Å². The molecule has 33 heavy (non-hydrogen) atoms. The lowest BCUT2D eigenvalue weighted by atomic mass is 10.1. The van der Waals surface area contributed by atoms with Crippen LogP contribution in [0.2, 0.25) is 5.02 Å². The van der Waals surface area contributed by atoms with Gasteiger partial charge in [0.25, 0.3) is 10.0 Å². The number of carbonyl (C=O) groups is 2. The highest BCUT2D eigenvalue weighted by Crippen LogP contribution is 2.40. The van der Waals surface area contributed by atoms with E-state index in [1.54, 1.807) is 20.8 Å². The molecule has 1 heterocycles. The van der Waals surface area contributed by atoms with Crippen LogP contribution in [0.1, 0.15) is 27.2 Å². The minimum absolute atomic E-state index is 0.0608. The fourth-order valence-corrected chi connectivity index (χ4v) is 4.88. The van der Waals surface area contributed by atoms with Crippen molar-refractivity contribution >= 4 is 45.1 Å². The van der Waals surface area contributed by atoms with Crippen molar-refractivity contribution < 1.29 is 37.0 Å². The maximum Gasteiger partial charge on any atom is 0.412 e. The Labute approximate surface area is 195 Å². The molecule has 1 aliphatic rings. The van der Waals surface area contributed by atoms with E-state index in [0.29, 0.717) is 0 Å². The number of sulfonamides is 1. The van der Waals surface area contributed by atoms with Gasteiger partial charge in [-0.3, -0.25) is 14.4 Å². The van der Waals surface area contributed by atoms with E-state index in [9.17, 15) is 22.4 Å². The summed E-state index contributed by atoms with van der Waals surface area (Å²) < 4.78 is 52.2. The Morgan fingerprint density at radius 3 is 2.58 bits per heavy atom. The first kappa shape index (κ1) is 24.6. The van der Waals surface area contributed by atoms with Crippen molar-refractivity contribution in [2.24, 2.45) is 0 Å². The molecule has 1 aliphatic heterocycles. The van der Waals surface area contributed by atoms with Crippen LogP contribution in [-0.4, -0.2) is 43.8 Å². The predicted octanol–water partition coefficient (Wildman–Crippen LogP) is 4.26. The maximum absolute atomic E-state index is 13.6. The number of carbonyl (C=O) groups excluding carboxylic acids is 1. The fourth-order valence-electron chi connectivity index (χ4n) is 3.10. The standard InChI is InChI=1S/C21H22ClFN2O7S/c1-21(2,3)32-20(28)24-12-4-7-18-17(8-12)25(11-13(31-18)9-19(26)27)33(29,30)14-5-6-16(23)15(22)10-14/h4-8,10,13H,9,11H2,1-3H3,(H,24,28)(H,26,27)/t13-/m0/s1. The smallest absolute Gasteiger partial charge is 0.412 e. The average Bonchev–Trinajstić information content (AvgIpc) is 2.67. The molecule has 9 nitrogen and oxygen atoms in total. The van der Waals surface area contributed by atoms with E-state index in [4.69, 9.17) is 26.2 Å². The second kappa shape index (κ2) is 9.06. The summed E-state index contributed by atoms with van der Waals surface area (Å²) in [5.41, 5.74) is -0.464. The molecule has 0 spiro atoms. The molecule has 0 unspecified atom stereocenters. The van der Waals surface area contributed by atoms with Crippen LogP contribution < -0.4 is 14.4 Å². The zero-order valence-corrected chi connectivity index (χ0v) is 19.5. The largest absolute Gasteiger partial charge is 0.486 e. The number of anilines is 2. The zero-order chi connectivity index (χ0) is 24.6. The normalized spacial score (nSPS) is 15.9. The summed E-state index contributed by atoms with van der Waals surface area (Å²) >= 11 is 5.77. The van der Waals surface area contributed by atoms with Gasteiger partial charge in [0.1, 0.15) is 23.3 Å². The Bertz CT molecular complexity index is 1200. The molecule has 1 atom stereocenters. The molecule has 2 N–H and O–H groups in total. The van der Waals surface area contributed by atoms with Crippen molar-refractivity contribution in [3.8, 4) is 5.75 Å². The van der Waals surface area contributed by atoms with E-state index >= 15 is 0 Å². The first-order chi connectivity index (χ1) is 15.3. The van der Waals surface area contributed by atoms with Gasteiger partial charge in [-0.25, -0.2) is 17.6 Å². The number of carboxylic acids is 1. The number of aliphatic carboxylic acids is 1. The van der Waals surface area contributed by atoms with E-state index in [1.807, 2.05) is 0 Å². The third-order valence-corrected chi connectivity index (χ3v) is 6.48. The van der Waals surface area contributed by atoms with Crippen molar-refractivity contribution in [1.29, 1.82) is 0 Å². The predicted molar refractivity (Wildman–Crippen MR) is 119 cm³/mol. The summed E-state index contributed by atoms with van der Waals surface area (Å²) in [6.07, 6.45) is -2.18. The van der Waals surface area contributed by atoms with Gasteiger partial charge >= 0.3 is 12.1 Å². The second-order valence-electron chi connectivity index (χ2n) is 8.26. The summed E-state index contributed by atoms with van der Waals surface area (Å²) in [5.74, 6) is -1.86. The molecule has 0 radical (unpaired) electrons. The van der Waals surface area contributed by atoms with Crippen LogP contribution in [0.15, 0.2) is 41.3 Å². The van der Waals surface area contributed by atoms with Crippen molar-refractivity contribution in [1.82, 2.24) is 0 Å². The molecule has 0 fully saturated rings. The topological polar surface area (TPSA) is 122 Å². The first-order valence-electron chi connectivity index (χ1n) is 9.76. The molecule has 0 aromatic heterocycles. The summed E-state index contributed by atoms with van der Waals surface area (Å²) in [7, 11) is -4.29. The molecule has 2 aromatic rings. The first-order valence-corrected chi connectivity index (χ1v) is 11.6. The molecule has 3 rings (SSSR count). The summed E-state index contributed by atoms with van der Waals surface area (Å²) in [6, 6.07) is 7.18. The highest BCUT2D eigenvalue weighted by atomic mass is 35.5. The van der Waals surface area contributed by atoms with Gasteiger partial charge in [0.2, 0.25) is 0 Å². The number of benzene rings is 2. The van der Waals surface area contributed by atoms with Crippen molar-refractivity contribution in [3.63, 3.8) is 0 Å². The lowest BCUT2D eigenvalue weighted by molar-refractivity contribution is -0.138. The molecule has 2 aromatic carbocycles. The number of ether oxygens (including phenoxy) is 2. The number of nitrogens with one attached hydrogen (secondary N) is 1. The lowest BCUT2D eigenvalue weighted by Crippen LogP contribution is -2.44.